The number of carbonyl (C=O) groups is 1. The van der Waals surface area contributed by atoms with E-state index in [1.165, 1.54) is 0 Å². The van der Waals surface area contributed by atoms with Crippen molar-refractivity contribution in [1.82, 2.24) is 4.90 Å². The molecule has 1 amide bonds. The predicted octanol–water partition coefficient (Wildman–Crippen LogP) is 1.17. The van der Waals surface area contributed by atoms with E-state index >= 15 is 0 Å². The SMILES string of the molecule is CCC1CCC(C(=O)N(C)C(C)CN)O1.Cl. The van der Waals surface area contributed by atoms with Crippen LogP contribution in [-0.4, -0.2) is 42.6 Å². The number of hydrogen-bond donors (Lipinski definition) is 1. The van der Waals surface area contributed by atoms with Gasteiger partial charge in [-0.25, -0.2) is 0 Å². The van der Waals surface area contributed by atoms with E-state index in [0.717, 1.165) is 19.3 Å². The van der Waals surface area contributed by atoms with Crippen LogP contribution in [0, 0.1) is 0 Å². The summed E-state index contributed by atoms with van der Waals surface area (Å²) in [5.74, 6) is 0.0731. The minimum absolute atomic E-state index is 0. The monoisotopic (exact) mass is 250 g/mol. The lowest BCUT2D eigenvalue weighted by atomic mass is 10.1. The van der Waals surface area contributed by atoms with Crippen LogP contribution in [0.2, 0.25) is 0 Å². The zero-order valence-corrected chi connectivity index (χ0v) is 11.1. The van der Waals surface area contributed by atoms with Crippen molar-refractivity contribution in [1.29, 1.82) is 0 Å². The molecule has 2 N–H and O–H groups in total. The summed E-state index contributed by atoms with van der Waals surface area (Å²) >= 11 is 0. The zero-order chi connectivity index (χ0) is 11.4. The molecule has 0 aromatic heterocycles. The Morgan fingerprint density at radius 2 is 2.19 bits per heavy atom. The number of amides is 1. The van der Waals surface area contributed by atoms with Crippen LogP contribution in [0.15, 0.2) is 0 Å². The van der Waals surface area contributed by atoms with E-state index in [-0.39, 0.29) is 36.6 Å². The molecule has 16 heavy (non-hydrogen) atoms. The molecule has 0 bridgehead atoms. The first-order valence-corrected chi connectivity index (χ1v) is 5.72. The summed E-state index contributed by atoms with van der Waals surface area (Å²) in [4.78, 5) is 13.6. The number of rotatable bonds is 4. The second-order valence-electron chi connectivity index (χ2n) is 4.27. The summed E-state index contributed by atoms with van der Waals surface area (Å²) in [5.41, 5.74) is 5.53. The minimum Gasteiger partial charge on any atom is -0.365 e. The largest absolute Gasteiger partial charge is 0.365 e. The number of likely N-dealkylation sites (N-methyl/N-ethyl adjacent to an activating group) is 1. The van der Waals surface area contributed by atoms with E-state index in [2.05, 4.69) is 6.92 Å². The smallest absolute Gasteiger partial charge is 0.251 e. The lowest BCUT2D eigenvalue weighted by molar-refractivity contribution is -0.143. The summed E-state index contributed by atoms with van der Waals surface area (Å²) in [6, 6.07) is 0.0850. The number of carbonyl (C=O) groups excluding carboxylic acids is 1. The van der Waals surface area contributed by atoms with Gasteiger partial charge in [-0.1, -0.05) is 6.92 Å². The molecule has 1 fully saturated rings. The number of ether oxygens (including phenoxy) is 1. The lowest BCUT2D eigenvalue weighted by Gasteiger charge is -2.26. The van der Waals surface area contributed by atoms with Crippen molar-refractivity contribution in [2.24, 2.45) is 5.73 Å². The molecular formula is C11H23ClN2O2. The molecule has 1 aliphatic rings. The van der Waals surface area contributed by atoms with E-state index in [1.54, 1.807) is 11.9 Å². The van der Waals surface area contributed by atoms with Gasteiger partial charge in [0.2, 0.25) is 0 Å². The van der Waals surface area contributed by atoms with Gasteiger partial charge >= 0.3 is 0 Å². The Hall–Kier alpha value is -0.320. The third-order valence-corrected chi connectivity index (χ3v) is 3.19. The second-order valence-corrected chi connectivity index (χ2v) is 4.27. The van der Waals surface area contributed by atoms with Gasteiger partial charge in [0.15, 0.2) is 0 Å². The fourth-order valence-corrected chi connectivity index (χ4v) is 1.79. The van der Waals surface area contributed by atoms with Gasteiger partial charge in [-0.05, 0) is 26.2 Å². The first kappa shape index (κ1) is 15.7. The maximum absolute atomic E-state index is 12.0. The molecule has 1 heterocycles. The van der Waals surface area contributed by atoms with Gasteiger partial charge in [0.05, 0.1) is 6.10 Å². The third kappa shape index (κ3) is 3.61. The summed E-state index contributed by atoms with van der Waals surface area (Å²) in [6.07, 6.45) is 2.85. The van der Waals surface area contributed by atoms with Gasteiger partial charge < -0.3 is 15.4 Å². The summed E-state index contributed by atoms with van der Waals surface area (Å²) in [6.45, 7) is 4.53. The highest BCUT2D eigenvalue weighted by Crippen LogP contribution is 2.23. The Labute approximate surface area is 104 Å². The highest BCUT2D eigenvalue weighted by atomic mass is 35.5. The molecule has 0 aromatic rings. The number of nitrogens with two attached hydrogens (primary N) is 1. The molecule has 5 heteroatoms. The maximum Gasteiger partial charge on any atom is 0.251 e. The van der Waals surface area contributed by atoms with Gasteiger partial charge in [0.25, 0.3) is 5.91 Å². The van der Waals surface area contributed by atoms with Crippen LogP contribution in [0.25, 0.3) is 0 Å². The van der Waals surface area contributed by atoms with Crippen LogP contribution in [0.5, 0.6) is 0 Å². The van der Waals surface area contributed by atoms with Crippen LogP contribution in [-0.2, 0) is 9.53 Å². The summed E-state index contributed by atoms with van der Waals surface area (Å²) in [7, 11) is 1.79. The minimum atomic E-state index is -0.242. The normalized spacial score (nSPS) is 26.0. The maximum atomic E-state index is 12.0. The molecule has 3 unspecified atom stereocenters. The molecule has 0 aliphatic carbocycles. The second kappa shape index (κ2) is 7.09. The lowest BCUT2D eigenvalue weighted by Crippen LogP contribution is -2.44. The van der Waals surface area contributed by atoms with Crippen molar-refractivity contribution >= 4 is 18.3 Å². The zero-order valence-electron chi connectivity index (χ0n) is 10.3. The molecule has 0 radical (unpaired) electrons. The molecule has 0 spiro atoms. The van der Waals surface area contributed by atoms with Crippen LogP contribution in [0.3, 0.4) is 0 Å². The van der Waals surface area contributed by atoms with Crippen LogP contribution in [0.4, 0.5) is 0 Å². The van der Waals surface area contributed by atoms with E-state index < -0.39 is 0 Å². The highest BCUT2D eigenvalue weighted by molar-refractivity contribution is 5.85. The topological polar surface area (TPSA) is 55.6 Å². The Balaban J connectivity index is 0.00000225. The molecular weight excluding hydrogens is 228 g/mol. The Morgan fingerprint density at radius 1 is 1.56 bits per heavy atom. The molecule has 3 atom stereocenters. The average molecular weight is 251 g/mol. The number of nitrogens with zero attached hydrogens (tertiary/aromatic N) is 1. The van der Waals surface area contributed by atoms with Gasteiger partial charge in [-0.15, -0.1) is 12.4 Å². The average Bonchev–Trinajstić information content (AvgIpc) is 2.74. The molecule has 1 rings (SSSR count). The van der Waals surface area contributed by atoms with Crippen molar-refractivity contribution in [2.75, 3.05) is 13.6 Å². The molecule has 96 valence electrons. The van der Waals surface area contributed by atoms with Gasteiger partial charge in [0, 0.05) is 19.6 Å². The number of halogens is 1. The fraction of sp³-hybridized carbons (Fsp3) is 0.909. The van der Waals surface area contributed by atoms with Crippen molar-refractivity contribution in [3.05, 3.63) is 0 Å². The Kier molecular flexibility index (Phi) is 6.95. The quantitative estimate of drug-likeness (QED) is 0.815. The van der Waals surface area contributed by atoms with Crippen LogP contribution < -0.4 is 5.73 Å². The molecule has 0 aromatic carbocycles. The first-order chi connectivity index (χ1) is 7.10. The highest BCUT2D eigenvalue weighted by Gasteiger charge is 2.32. The van der Waals surface area contributed by atoms with E-state index in [0.29, 0.717) is 6.54 Å². The van der Waals surface area contributed by atoms with Crippen molar-refractivity contribution in [3.63, 3.8) is 0 Å². The van der Waals surface area contributed by atoms with Gasteiger partial charge in [-0.3, -0.25) is 4.79 Å². The van der Waals surface area contributed by atoms with E-state index in [1.807, 2.05) is 6.92 Å². The predicted molar refractivity (Wildman–Crippen MR) is 66.7 cm³/mol. The van der Waals surface area contributed by atoms with Crippen LogP contribution in [0.1, 0.15) is 33.1 Å². The van der Waals surface area contributed by atoms with E-state index in [9.17, 15) is 4.79 Å². The standard InChI is InChI=1S/C11H22N2O2.ClH/c1-4-9-5-6-10(15-9)11(14)13(3)8(2)7-12;/h8-10H,4-7,12H2,1-3H3;1H. The number of hydrogen-bond acceptors (Lipinski definition) is 3. The van der Waals surface area contributed by atoms with Crippen molar-refractivity contribution in [2.45, 2.75) is 51.4 Å². The summed E-state index contributed by atoms with van der Waals surface area (Å²) in [5, 5.41) is 0. The molecule has 1 aliphatic heterocycles. The van der Waals surface area contributed by atoms with Crippen molar-refractivity contribution < 1.29 is 9.53 Å². The fourth-order valence-electron chi connectivity index (χ4n) is 1.79. The molecule has 1 saturated heterocycles. The third-order valence-electron chi connectivity index (χ3n) is 3.19. The van der Waals surface area contributed by atoms with E-state index in [4.69, 9.17) is 10.5 Å². The van der Waals surface area contributed by atoms with Crippen LogP contribution >= 0.6 is 12.4 Å². The Bertz CT molecular complexity index is 226. The first-order valence-electron chi connectivity index (χ1n) is 5.72. The van der Waals surface area contributed by atoms with Gasteiger partial charge in [0.1, 0.15) is 6.10 Å². The molecule has 4 nitrogen and oxygen atoms in total. The Morgan fingerprint density at radius 3 is 2.62 bits per heavy atom. The molecule has 0 saturated carbocycles. The van der Waals surface area contributed by atoms with Gasteiger partial charge in [-0.2, -0.15) is 0 Å². The van der Waals surface area contributed by atoms with Crippen molar-refractivity contribution in [3.8, 4) is 0 Å². The summed E-state index contributed by atoms with van der Waals surface area (Å²) < 4.78 is 5.66.